The van der Waals surface area contributed by atoms with Crippen molar-refractivity contribution in [1.29, 1.82) is 0 Å². The summed E-state index contributed by atoms with van der Waals surface area (Å²) in [5.74, 6) is -1.44. The fourth-order valence-corrected chi connectivity index (χ4v) is 1.35. The molecular formula is C7H10O4. The number of carbonyl (C=O) groups excluding carboxylic acids is 1. The Hall–Kier alpha value is -1.06. The number of ether oxygens (including phenoxy) is 1. The molecule has 0 aromatic rings. The molecule has 0 spiro atoms. The summed E-state index contributed by atoms with van der Waals surface area (Å²) in [6, 6.07) is 0. The number of rotatable bonds is 3. The van der Waals surface area contributed by atoms with E-state index in [4.69, 9.17) is 5.11 Å². The van der Waals surface area contributed by atoms with Gasteiger partial charge in [0.25, 0.3) is 6.47 Å². The fraction of sp³-hybridized carbons (Fsp3) is 0.714. The van der Waals surface area contributed by atoms with E-state index in [0.717, 1.165) is 0 Å². The molecule has 0 aromatic carbocycles. The number of aliphatic carboxylic acids is 1. The van der Waals surface area contributed by atoms with E-state index >= 15 is 0 Å². The average molecular weight is 158 g/mol. The van der Waals surface area contributed by atoms with Crippen molar-refractivity contribution in [3.05, 3.63) is 0 Å². The Bertz CT molecular complexity index is 197. The van der Waals surface area contributed by atoms with Crippen LogP contribution in [0.15, 0.2) is 0 Å². The Balaban J connectivity index is 2.60. The largest absolute Gasteiger partial charge is 0.481 e. The number of carbonyl (C=O) groups is 2. The molecule has 0 saturated heterocycles. The molecule has 0 bridgehead atoms. The summed E-state index contributed by atoms with van der Waals surface area (Å²) in [5, 5.41) is 8.59. The molecule has 0 heterocycles. The van der Waals surface area contributed by atoms with Gasteiger partial charge < -0.3 is 9.84 Å². The van der Waals surface area contributed by atoms with Crippen molar-refractivity contribution < 1.29 is 19.4 Å². The number of carboxylic acids is 1. The van der Waals surface area contributed by atoms with Crippen LogP contribution in [0.1, 0.15) is 13.8 Å². The SMILES string of the molecule is CC1(C)[C@@H](OC=O)[C@@H]1C(=O)O. The monoisotopic (exact) mass is 158 g/mol. The third-order valence-electron chi connectivity index (χ3n) is 2.20. The second kappa shape index (κ2) is 2.22. The van der Waals surface area contributed by atoms with Gasteiger partial charge in [-0.1, -0.05) is 13.8 Å². The minimum Gasteiger partial charge on any atom is -0.481 e. The molecule has 4 nitrogen and oxygen atoms in total. The van der Waals surface area contributed by atoms with Gasteiger partial charge in [-0.05, 0) is 0 Å². The molecule has 0 aliphatic heterocycles. The predicted molar refractivity (Wildman–Crippen MR) is 35.8 cm³/mol. The van der Waals surface area contributed by atoms with E-state index in [9.17, 15) is 9.59 Å². The van der Waals surface area contributed by atoms with Crippen LogP contribution >= 0.6 is 0 Å². The quantitative estimate of drug-likeness (QED) is 0.599. The maximum Gasteiger partial charge on any atom is 0.310 e. The van der Waals surface area contributed by atoms with E-state index in [1.54, 1.807) is 13.8 Å². The molecule has 1 aliphatic carbocycles. The van der Waals surface area contributed by atoms with Crippen molar-refractivity contribution in [2.24, 2.45) is 11.3 Å². The zero-order chi connectivity index (χ0) is 8.65. The Labute approximate surface area is 64.2 Å². The molecule has 1 aliphatic rings. The third kappa shape index (κ3) is 1.08. The van der Waals surface area contributed by atoms with E-state index in [-0.39, 0.29) is 0 Å². The lowest BCUT2D eigenvalue weighted by atomic mass is 10.1. The molecule has 1 fully saturated rings. The van der Waals surface area contributed by atoms with E-state index in [1.165, 1.54) is 0 Å². The van der Waals surface area contributed by atoms with Gasteiger partial charge in [-0.15, -0.1) is 0 Å². The molecule has 0 radical (unpaired) electrons. The highest BCUT2D eigenvalue weighted by atomic mass is 16.5. The lowest BCUT2D eigenvalue weighted by Gasteiger charge is -1.97. The molecule has 1 N–H and O–H groups in total. The molecule has 0 amide bonds. The molecule has 0 aromatic heterocycles. The summed E-state index contributed by atoms with van der Waals surface area (Å²) in [4.78, 5) is 20.4. The smallest absolute Gasteiger partial charge is 0.310 e. The third-order valence-corrected chi connectivity index (χ3v) is 2.20. The van der Waals surface area contributed by atoms with Gasteiger partial charge in [-0.25, -0.2) is 0 Å². The predicted octanol–water partition coefficient (Wildman–Crippen LogP) is 0.269. The lowest BCUT2D eigenvalue weighted by Crippen LogP contribution is -2.04. The summed E-state index contributed by atoms with van der Waals surface area (Å²) in [7, 11) is 0. The van der Waals surface area contributed by atoms with Crippen molar-refractivity contribution in [2.75, 3.05) is 0 Å². The minimum atomic E-state index is -0.901. The highest BCUT2D eigenvalue weighted by Gasteiger charge is 2.64. The van der Waals surface area contributed by atoms with Gasteiger partial charge in [0.15, 0.2) is 0 Å². The van der Waals surface area contributed by atoms with E-state index in [2.05, 4.69) is 4.74 Å². The van der Waals surface area contributed by atoms with E-state index in [0.29, 0.717) is 6.47 Å². The number of hydrogen-bond donors (Lipinski definition) is 1. The van der Waals surface area contributed by atoms with Crippen molar-refractivity contribution in [2.45, 2.75) is 20.0 Å². The van der Waals surface area contributed by atoms with Crippen LogP contribution in [0.3, 0.4) is 0 Å². The van der Waals surface area contributed by atoms with Crippen LogP contribution < -0.4 is 0 Å². The average Bonchev–Trinajstić information content (AvgIpc) is 2.35. The summed E-state index contributed by atoms with van der Waals surface area (Å²) in [6.45, 7) is 3.83. The van der Waals surface area contributed by atoms with Crippen LogP contribution in [-0.2, 0) is 14.3 Å². The van der Waals surface area contributed by atoms with Crippen molar-refractivity contribution in [3.63, 3.8) is 0 Å². The van der Waals surface area contributed by atoms with E-state index in [1.807, 2.05) is 0 Å². The molecule has 1 rings (SSSR count). The molecule has 2 atom stereocenters. The van der Waals surface area contributed by atoms with Gasteiger partial charge in [-0.2, -0.15) is 0 Å². The first kappa shape index (κ1) is 8.04. The maximum atomic E-state index is 10.5. The van der Waals surface area contributed by atoms with Gasteiger partial charge >= 0.3 is 5.97 Å². The minimum absolute atomic E-state index is 0.301. The first-order chi connectivity index (χ1) is 5.01. The van der Waals surface area contributed by atoms with Gasteiger partial charge in [0.1, 0.15) is 12.0 Å². The van der Waals surface area contributed by atoms with Gasteiger partial charge in [0.05, 0.1) is 0 Å². The first-order valence-corrected chi connectivity index (χ1v) is 3.33. The van der Waals surface area contributed by atoms with Gasteiger partial charge in [0, 0.05) is 5.41 Å². The van der Waals surface area contributed by atoms with Gasteiger partial charge in [-0.3, -0.25) is 9.59 Å². The Kier molecular flexibility index (Phi) is 1.62. The van der Waals surface area contributed by atoms with Crippen molar-refractivity contribution >= 4 is 12.4 Å². The summed E-state index contributed by atoms with van der Waals surface area (Å²) in [5.41, 5.74) is -0.396. The highest BCUT2D eigenvalue weighted by Crippen LogP contribution is 2.53. The second-order valence-electron chi connectivity index (χ2n) is 3.29. The van der Waals surface area contributed by atoms with E-state index < -0.39 is 23.4 Å². The topological polar surface area (TPSA) is 63.6 Å². The highest BCUT2D eigenvalue weighted by molar-refractivity contribution is 5.76. The van der Waals surface area contributed by atoms with Crippen molar-refractivity contribution in [3.8, 4) is 0 Å². The maximum absolute atomic E-state index is 10.5. The van der Waals surface area contributed by atoms with Crippen molar-refractivity contribution in [1.82, 2.24) is 0 Å². The van der Waals surface area contributed by atoms with Crippen LogP contribution in [0.5, 0.6) is 0 Å². The standard InChI is InChI=1S/C7H10O4/c1-7(2)4(6(9)10)5(7)11-3-8/h3-5H,1-2H3,(H,9,10)/t4-,5+/m1/s1. The molecule has 4 heteroatoms. The van der Waals surface area contributed by atoms with Crippen LogP contribution in [0.25, 0.3) is 0 Å². The van der Waals surface area contributed by atoms with Crippen LogP contribution in [-0.4, -0.2) is 23.7 Å². The number of hydrogen-bond acceptors (Lipinski definition) is 3. The van der Waals surface area contributed by atoms with Crippen LogP contribution in [0.4, 0.5) is 0 Å². The normalized spacial score (nSPS) is 32.5. The number of carboxylic acid groups (broad SMARTS) is 1. The Morgan fingerprint density at radius 3 is 2.45 bits per heavy atom. The molecule has 0 unspecified atom stereocenters. The first-order valence-electron chi connectivity index (χ1n) is 3.33. The van der Waals surface area contributed by atoms with Gasteiger partial charge in [0.2, 0.25) is 0 Å². The fourth-order valence-electron chi connectivity index (χ4n) is 1.35. The van der Waals surface area contributed by atoms with Crippen LogP contribution in [0, 0.1) is 11.3 Å². The zero-order valence-electron chi connectivity index (χ0n) is 6.40. The Morgan fingerprint density at radius 1 is 1.64 bits per heavy atom. The zero-order valence-corrected chi connectivity index (χ0v) is 6.40. The van der Waals surface area contributed by atoms with Crippen LogP contribution in [0.2, 0.25) is 0 Å². The molecule has 11 heavy (non-hydrogen) atoms. The summed E-state index contributed by atoms with van der Waals surface area (Å²) < 4.78 is 4.58. The lowest BCUT2D eigenvalue weighted by molar-refractivity contribution is -0.140. The summed E-state index contributed by atoms with van der Waals surface area (Å²) in [6.07, 6.45) is -0.447. The molecule has 62 valence electrons. The Morgan fingerprint density at radius 2 is 2.18 bits per heavy atom. The summed E-state index contributed by atoms with van der Waals surface area (Å²) >= 11 is 0. The molecule has 1 saturated carbocycles. The second-order valence-corrected chi connectivity index (χ2v) is 3.29. The molecular weight excluding hydrogens is 148 g/mol.